The number of fused-ring (bicyclic) bond motifs is 5. The number of anilines is 2. The van der Waals surface area contributed by atoms with E-state index in [-0.39, 0.29) is 16.9 Å². The molecule has 0 amide bonds. The molecular formula is C62H69N3O7S. The average Bonchev–Trinajstić information content (AvgIpc) is 3.84. The topological polar surface area (TPSA) is 115 Å². The van der Waals surface area contributed by atoms with Crippen LogP contribution in [0.3, 0.4) is 0 Å². The van der Waals surface area contributed by atoms with E-state index < -0.39 is 26.5 Å². The lowest BCUT2D eigenvalue weighted by Crippen LogP contribution is -2.34. The number of methoxy groups -OCH3 is 2. The second-order valence-electron chi connectivity index (χ2n) is 20.9. The Kier molecular flexibility index (Phi) is 13.9. The first-order chi connectivity index (χ1) is 34.9. The second kappa shape index (κ2) is 19.7. The normalized spacial score (nSPS) is 16.7. The van der Waals surface area contributed by atoms with Crippen LogP contribution in [0, 0.1) is 0 Å². The molecule has 9 rings (SSSR count). The van der Waals surface area contributed by atoms with Crippen LogP contribution in [0.2, 0.25) is 0 Å². The summed E-state index contributed by atoms with van der Waals surface area (Å²) in [5.41, 5.74) is 12.5. The monoisotopic (exact) mass is 999 g/mol. The van der Waals surface area contributed by atoms with Crippen molar-refractivity contribution < 1.29 is 36.9 Å². The van der Waals surface area contributed by atoms with E-state index in [1.807, 2.05) is 30.3 Å². The molecule has 380 valence electrons. The van der Waals surface area contributed by atoms with Crippen LogP contribution in [-0.2, 0) is 36.7 Å². The number of aliphatic hydroxyl groups is 1. The quantitative estimate of drug-likeness (QED) is 0.0389. The molecule has 2 aliphatic heterocycles. The van der Waals surface area contributed by atoms with Crippen molar-refractivity contribution in [2.75, 3.05) is 63.4 Å². The van der Waals surface area contributed by atoms with Gasteiger partial charge in [0.2, 0.25) is 5.69 Å². The summed E-state index contributed by atoms with van der Waals surface area (Å²) in [6.45, 7) is 20.9. The van der Waals surface area contributed by atoms with E-state index in [0.29, 0.717) is 19.7 Å². The van der Waals surface area contributed by atoms with Gasteiger partial charge in [0.05, 0.1) is 37.7 Å². The average molecular weight is 1000 g/mol. The molecule has 10 nitrogen and oxygen atoms in total. The lowest BCUT2D eigenvalue weighted by molar-refractivity contribution is -0.439. The van der Waals surface area contributed by atoms with Crippen molar-refractivity contribution in [2.24, 2.45) is 0 Å². The van der Waals surface area contributed by atoms with Crippen molar-refractivity contribution in [1.29, 1.82) is 0 Å². The maximum Gasteiger partial charge on any atom is 0.209 e. The molecule has 3 aliphatic rings. The molecule has 0 unspecified atom stereocenters. The summed E-state index contributed by atoms with van der Waals surface area (Å²) < 4.78 is 57.3. The molecular weight excluding hydrogens is 931 g/mol. The molecule has 0 atom stereocenters. The highest BCUT2D eigenvalue weighted by Gasteiger charge is 2.47. The minimum Gasteiger partial charge on any atom is -0.744 e. The van der Waals surface area contributed by atoms with Crippen LogP contribution in [0.25, 0.3) is 11.1 Å². The molecule has 0 aromatic heterocycles. The summed E-state index contributed by atoms with van der Waals surface area (Å²) in [5.74, 6) is 1.54. The van der Waals surface area contributed by atoms with E-state index in [0.717, 1.165) is 86.9 Å². The van der Waals surface area contributed by atoms with Crippen molar-refractivity contribution in [2.45, 2.75) is 88.6 Å². The maximum absolute atomic E-state index is 12.1. The Bertz CT molecular complexity index is 3190. The summed E-state index contributed by atoms with van der Waals surface area (Å²) in [4.78, 5) is 4.40. The molecule has 0 saturated carbocycles. The molecule has 11 heteroatoms. The summed E-state index contributed by atoms with van der Waals surface area (Å²) in [6.07, 6.45) is 7.37. The van der Waals surface area contributed by atoms with Gasteiger partial charge in [-0.15, -0.1) is 0 Å². The van der Waals surface area contributed by atoms with Gasteiger partial charge >= 0.3 is 0 Å². The van der Waals surface area contributed by atoms with Crippen LogP contribution < -0.4 is 19.3 Å². The van der Waals surface area contributed by atoms with E-state index >= 15 is 0 Å². The van der Waals surface area contributed by atoms with Crippen LogP contribution in [0.1, 0.15) is 101 Å². The van der Waals surface area contributed by atoms with Gasteiger partial charge in [-0.3, -0.25) is 0 Å². The standard InChI is InChI=1S/C62H69N3O7S/c1-11-63(12-2)45-26-33-55-53(38-45)60(5,6)57(64(55)34-17-37-72-62(42-18-14-13-15-19-42,43-22-27-46(70-9)28-23-43)44-24-29-47(71-10)30-25-44)20-16-21-58-61(7,8)54-40-50-49-32-31-48(73(67,68)69)39-51(49)59(3,4)52(50)41-56(54)65(58)35-36-66/h13-16,18-33,38-41,66H,11-12,17,34-37H2,1-10H3. The highest BCUT2D eigenvalue weighted by atomic mass is 32.2. The Balaban J connectivity index is 1.09. The highest BCUT2D eigenvalue weighted by Crippen LogP contribution is 2.56. The van der Waals surface area contributed by atoms with Gasteiger partial charge in [-0.1, -0.05) is 94.4 Å². The number of ether oxygens (including phenoxy) is 3. The van der Waals surface area contributed by atoms with Gasteiger partial charge in [-0.2, -0.15) is 4.58 Å². The third-order valence-corrected chi connectivity index (χ3v) is 16.6. The van der Waals surface area contributed by atoms with Crippen LogP contribution >= 0.6 is 0 Å². The van der Waals surface area contributed by atoms with Gasteiger partial charge < -0.3 is 33.7 Å². The fraction of sp³-hybridized carbons (Fsp3) is 0.339. The molecule has 73 heavy (non-hydrogen) atoms. The zero-order valence-corrected chi connectivity index (χ0v) is 44.8. The zero-order chi connectivity index (χ0) is 52.1. The fourth-order valence-electron chi connectivity index (χ4n) is 11.8. The Labute approximate surface area is 432 Å². The van der Waals surface area contributed by atoms with Crippen LogP contribution in [-0.4, -0.2) is 82.0 Å². The zero-order valence-electron chi connectivity index (χ0n) is 44.0. The summed E-state index contributed by atoms with van der Waals surface area (Å²) in [6, 6.07) is 42.8. The number of benzene rings is 6. The number of rotatable bonds is 18. The van der Waals surface area contributed by atoms with E-state index in [2.05, 4.69) is 167 Å². The first-order valence-electron chi connectivity index (χ1n) is 25.5. The maximum atomic E-state index is 12.1. The molecule has 0 fully saturated rings. The Morgan fingerprint density at radius 1 is 0.699 bits per heavy atom. The van der Waals surface area contributed by atoms with E-state index in [4.69, 9.17) is 14.2 Å². The Morgan fingerprint density at radius 3 is 1.90 bits per heavy atom. The fourth-order valence-corrected chi connectivity index (χ4v) is 12.3. The van der Waals surface area contributed by atoms with Crippen molar-refractivity contribution in [3.8, 4) is 22.6 Å². The van der Waals surface area contributed by atoms with Crippen LogP contribution in [0.15, 0.2) is 156 Å². The first-order valence-corrected chi connectivity index (χ1v) is 26.9. The largest absolute Gasteiger partial charge is 0.744 e. The summed E-state index contributed by atoms with van der Waals surface area (Å²) in [5, 5.41) is 10.6. The number of β-amino-alcohol motifs (C(OH)–C–C–N with tert-alkyl or cyclic N) is 1. The molecule has 1 aliphatic carbocycles. The van der Waals surface area contributed by atoms with Gasteiger partial charge in [-0.25, -0.2) is 8.42 Å². The molecule has 6 aromatic carbocycles. The molecule has 0 spiro atoms. The molecule has 0 saturated heterocycles. The predicted molar refractivity (Wildman–Crippen MR) is 292 cm³/mol. The third-order valence-electron chi connectivity index (χ3n) is 15.8. The number of hydrogen-bond donors (Lipinski definition) is 1. The summed E-state index contributed by atoms with van der Waals surface area (Å²) >= 11 is 0. The molecule has 2 heterocycles. The van der Waals surface area contributed by atoms with Gasteiger partial charge in [0, 0.05) is 71.7 Å². The van der Waals surface area contributed by atoms with E-state index in [1.54, 1.807) is 26.4 Å². The molecule has 1 N–H and O–H groups in total. The predicted octanol–water partition coefficient (Wildman–Crippen LogP) is 11.8. The van der Waals surface area contributed by atoms with Crippen LogP contribution in [0.4, 0.5) is 17.1 Å². The van der Waals surface area contributed by atoms with Crippen molar-refractivity contribution >= 4 is 32.9 Å². The second-order valence-corrected chi connectivity index (χ2v) is 22.2. The van der Waals surface area contributed by atoms with E-state index in [1.165, 1.54) is 28.7 Å². The highest BCUT2D eigenvalue weighted by molar-refractivity contribution is 7.85. The Hall–Kier alpha value is -6.50. The smallest absolute Gasteiger partial charge is 0.209 e. The molecule has 0 radical (unpaired) electrons. The molecule has 6 aromatic rings. The lowest BCUT2D eigenvalue weighted by atomic mass is 9.79. The van der Waals surface area contributed by atoms with Crippen molar-refractivity contribution in [3.05, 3.63) is 190 Å². The number of aliphatic hydroxyl groups excluding tert-OH is 1. The van der Waals surface area contributed by atoms with E-state index in [9.17, 15) is 18.1 Å². The summed E-state index contributed by atoms with van der Waals surface area (Å²) in [7, 11) is -1.27. The SMILES string of the molecule is CCN(CC)c1ccc2c(c1)C(C)(C)C(/C=C/C=C1/N(CCO)c3cc4c(cc3C1(C)C)-c1ccc(S(=O)(=O)[O-])cc1C4(C)C)=[N+]2CCCOC(c1ccccc1)(c1ccc(OC)cc1)c1ccc(OC)cc1. The number of nitrogens with zero attached hydrogens (tertiary/aromatic N) is 3. The third kappa shape index (κ3) is 8.88. The van der Waals surface area contributed by atoms with Gasteiger partial charge in [0.15, 0.2) is 12.3 Å². The minimum atomic E-state index is -4.63. The lowest BCUT2D eigenvalue weighted by Gasteiger charge is -2.36. The molecule has 0 bridgehead atoms. The number of allylic oxidation sites excluding steroid dienone is 4. The van der Waals surface area contributed by atoms with Gasteiger partial charge in [0.1, 0.15) is 27.2 Å². The number of hydrogen-bond acceptors (Lipinski definition) is 9. The van der Waals surface area contributed by atoms with Crippen molar-refractivity contribution in [3.63, 3.8) is 0 Å². The van der Waals surface area contributed by atoms with Gasteiger partial charge in [0.25, 0.3) is 0 Å². The van der Waals surface area contributed by atoms with Crippen LogP contribution in [0.5, 0.6) is 11.5 Å². The Morgan fingerprint density at radius 2 is 1.32 bits per heavy atom. The first kappa shape index (κ1) is 51.4. The van der Waals surface area contributed by atoms with Crippen molar-refractivity contribution in [1.82, 2.24) is 0 Å². The minimum absolute atomic E-state index is 0.0467. The van der Waals surface area contributed by atoms with Gasteiger partial charge in [-0.05, 0) is 139 Å².